The van der Waals surface area contributed by atoms with Crippen LogP contribution in [0.4, 0.5) is 5.82 Å². The van der Waals surface area contributed by atoms with E-state index in [2.05, 4.69) is 58.5 Å². The molecule has 0 spiro atoms. The molecule has 0 atom stereocenters. The molecular weight excluding hydrogens is 304 g/mol. The highest BCUT2D eigenvalue weighted by Gasteiger charge is 2.23. The van der Waals surface area contributed by atoms with Crippen molar-refractivity contribution in [2.75, 3.05) is 19.4 Å². The van der Waals surface area contributed by atoms with Gasteiger partial charge < -0.3 is 10.2 Å². The number of fused-ring (bicyclic) bond motifs is 3. The predicted octanol–water partition coefficient (Wildman–Crippen LogP) is 4.13. The van der Waals surface area contributed by atoms with Crippen LogP contribution >= 0.6 is 11.3 Å². The molecule has 1 aliphatic rings. The van der Waals surface area contributed by atoms with Gasteiger partial charge in [-0.15, -0.1) is 11.3 Å². The van der Waals surface area contributed by atoms with Gasteiger partial charge >= 0.3 is 0 Å². The Bertz CT molecular complexity index is 818. The summed E-state index contributed by atoms with van der Waals surface area (Å²) in [4.78, 5) is 12.4. The standard InChI is InChI=1S/C18H22N4S/c1-22(2)13-9-7-12(8-10-13)21-17-16-14-5-3-4-6-15(14)23-18(16)20-11-19-17/h3-6,11-13H,7-10H2,1-2H3,(H,19,20,21)/t12-,13-. The molecule has 5 heteroatoms. The van der Waals surface area contributed by atoms with E-state index in [-0.39, 0.29) is 0 Å². The number of benzene rings is 1. The zero-order valence-corrected chi connectivity index (χ0v) is 14.4. The minimum absolute atomic E-state index is 0.517. The van der Waals surface area contributed by atoms with E-state index in [1.807, 2.05) is 0 Å². The number of nitrogens with one attached hydrogen (secondary N) is 1. The summed E-state index contributed by atoms with van der Waals surface area (Å²) in [5, 5.41) is 6.14. The summed E-state index contributed by atoms with van der Waals surface area (Å²) in [5.41, 5.74) is 0. The minimum Gasteiger partial charge on any atom is -0.367 e. The van der Waals surface area contributed by atoms with Gasteiger partial charge in [-0.2, -0.15) is 0 Å². The molecule has 0 radical (unpaired) electrons. The Morgan fingerprint density at radius 1 is 1.09 bits per heavy atom. The Morgan fingerprint density at radius 3 is 2.65 bits per heavy atom. The number of anilines is 1. The molecule has 0 saturated heterocycles. The quantitative estimate of drug-likeness (QED) is 0.786. The van der Waals surface area contributed by atoms with Gasteiger partial charge in [-0.1, -0.05) is 18.2 Å². The molecule has 1 fully saturated rings. The highest BCUT2D eigenvalue weighted by atomic mass is 32.1. The Balaban J connectivity index is 1.62. The van der Waals surface area contributed by atoms with Crippen molar-refractivity contribution >= 4 is 37.5 Å². The summed E-state index contributed by atoms with van der Waals surface area (Å²) in [7, 11) is 4.37. The zero-order chi connectivity index (χ0) is 15.8. The normalized spacial score (nSPS) is 22.0. The SMILES string of the molecule is CN(C)[C@H]1CC[C@H](Nc2ncnc3sc4ccccc4c23)CC1. The molecule has 0 bridgehead atoms. The smallest absolute Gasteiger partial charge is 0.139 e. The molecule has 23 heavy (non-hydrogen) atoms. The first kappa shape index (κ1) is 14.8. The molecule has 4 nitrogen and oxygen atoms in total. The second-order valence-electron chi connectivity index (χ2n) is 6.61. The monoisotopic (exact) mass is 326 g/mol. The lowest BCUT2D eigenvalue weighted by molar-refractivity contribution is 0.221. The van der Waals surface area contributed by atoms with Crippen LogP contribution < -0.4 is 5.32 Å². The van der Waals surface area contributed by atoms with Gasteiger partial charge in [-0.25, -0.2) is 9.97 Å². The summed E-state index contributed by atoms with van der Waals surface area (Å²) in [6, 6.07) is 9.75. The minimum atomic E-state index is 0.517. The van der Waals surface area contributed by atoms with Gasteiger partial charge in [0.15, 0.2) is 0 Å². The van der Waals surface area contributed by atoms with Gasteiger partial charge in [0.1, 0.15) is 17.0 Å². The van der Waals surface area contributed by atoms with Crippen molar-refractivity contribution < 1.29 is 0 Å². The molecule has 4 rings (SSSR count). The number of hydrogen-bond donors (Lipinski definition) is 1. The fourth-order valence-corrected chi connectivity index (χ4v) is 4.64. The average Bonchev–Trinajstić information content (AvgIpc) is 2.95. The number of thiophene rings is 1. The molecule has 1 aromatic carbocycles. The molecule has 2 heterocycles. The molecule has 120 valence electrons. The van der Waals surface area contributed by atoms with Crippen molar-refractivity contribution in [3.05, 3.63) is 30.6 Å². The maximum absolute atomic E-state index is 4.55. The fraction of sp³-hybridized carbons (Fsp3) is 0.444. The lowest BCUT2D eigenvalue weighted by Gasteiger charge is -2.33. The van der Waals surface area contributed by atoms with Gasteiger partial charge in [0, 0.05) is 22.2 Å². The van der Waals surface area contributed by atoms with Crippen molar-refractivity contribution in [1.82, 2.24) is 14.9 Å². The van der Waals surface area contributed by atoms with Gasteiger partial charge in [-0.3, -0.25) is 0 Å². The zero-order valence-electron chi connectivity index (χ0n) is 13.6. The Kier molecular flexibility index (Phi) is 3.91. The molecular formula is C18H22N4S. The van der Waals surface area contributed by atoms with Crippen molar-refractivity contribution in [2.45, 2.75) is 37.8 Å². The second kappa shape index (κ2) is 6.06. The van der Waals surface area contributed by atoms with E-state index in [0.717, 1.165) is 16.7 Å². The number of nitrogens with zero attached hydrogens (tertiary/aromatic N) is 3. The lowest BCUT2D eigenvalue weighted by atomic mass is 9.90. The van der Waals surface area contributed by atoms with Crippen LogP contribution in [0.3, 0.4) is 0 Å². The van der Waals surface area contributed by atoms with E-state index in [1.165, 1.54) is 41.2 Å². The second-order valence-corrected chi connectivity index (χ2v) is 7.64. The van der Waals surface area contributed by atoms with Crippen LogP contribution in [0.25, 0.3) is 20.3 Å². The van der Waals surface area contributed by atoms with Crippen molar-refractivity contribution in [1.29, 1.82) is 0 Å². The third-order valence-electron chi connectivity index (χ3n) is 4.94. The van der Waals surface area contributed by atoms with Gasteiger partial charge in [0.25, 0.3) is 0 Å². The summed E-state index contributed by atoms with van der Waals surface area (Å²) in [5.74, 6) is 1.00. The van der Waals surface area contributed by atoms with Crippen LogP contribution in [-0.2, 0) is 0 Å². The molecule has 0 unspecified atom stereocenters. The van der Waals surface area contributed by atoms with E-state index in [1.54, 1.807) is 17.7 Å². The third-order valence-corrected chi connectivity index (χ3v) is 6.02. The molecule has 3 aromatic rings. The lowest BCUT2D eigenvalue weighted by Crippen LogP contribution is -2.36. The van der Waals surface area contributed by atoms with Crippen molar-refractivity contribution in [3.63, 3.8) is 0 Å². The van der Waals surface area contributed by atoms with E-state index < -0.39 is 0 Å². The van der Waals surface area contributed by atoms with Crippen LogP contribution in [0.15, 0.2) is 30.6 Å². The maximum Gasteiger partial charge on any atom is 0.139 e. The van der Waals surface area contributed by atoms with Gasteiger partial charge in [-0.05, 0) is 45.8 Å². The summed E-state index contributed by atoms with van der Waals surface area (Å²) in [6.07, 6.45) is 6.60. The summed E-state index contributed by atoms with van der Waals surface area (Å²) in [6.45, 7) is 0. The first-order valence-corrected chi connectivity index (χ1v) is 9.09. The fourth-order valence-electron chi connectivity index (χ4n) is 3.60. The number of rotatable bonds is 3. The van der Waals surface area contributed by atoms with Gasteiger partial charge in [0.05, 0.1) is 5.39 Å². The van der Waals surface area contributed by atoms with Crippen molar-refractivity contribution in [3.8, 4) is 0 Å². The molecule has 0 amide bonds. The summed E-state index contributed by atoms with van der Waals surface area (Å²) >= 11 is 1.74. The van der Waals surface area contributed by atoms with Gasteiger partial charge in [0.2, 0.25) is 0 Å². The largest absolute Gasteiger partial charge is 0.367 e. The Morgan fingerprint density at radius 2 is 1.87 bits per heavy atom. The first-order chi connectivity index (χ1) is 11.2. The Hall–Kier alpha value is -1.72. The van der Waals surface area contributed by atoms with Crippen LogP contribution in [0.1, 0.15) is 25.7 Å². The average molecular weight is 326 g/mol. The van der Waals surface area contributed by atoms with E-state index in [4.69, 9.17) is 0 Å². The molecule has 0 aliphatic heterocycles. The van der Waals surface area contributed by atoms with E-state index in [9.17, 15) is 0 Å². The number of aromatic nitrogens is 2. The van der Waals surface area contributed by atoms with Crippen molar-refractivity contribution in [2.24, 2.45) is 0 Å². The molecule has 1 N–H and O–H groups in total. The van der Waals surface area contributed by atoms with Crippen LogP contribution in [0, 0.1) is 0 Å². The van der Waals surface area contributed by atoms with E-state index >= 15 is 0 Å². The summed E-state index contributed by atoms with van der Waals surface area (Å²) < 4.78 is 1.28. The molecule has 2 aromatic heterocycles. The molecule has 1 aliphatic carbocycles. The van der Waals surface area contributed by atoms with Crippen LogP contribution in [0.2, 0.25) is 0 Å². The van der Waals surface area contributed by atoms with Crippen LogP contribution in [0.5, 0.6) is 0 Å². The predicted molar refractivity (Wildman–Crippen MR) is 98.3 cm³/mol. The highest BCUT2D eigenvalue weighted by molar-refractivity contribution is 7.25. The highest BCUT2D eigenvalue weighted by Crippen LogP contribution is 2.36. The first-order valence-electron chi connectivity index (χ1n) is 8.27. The number of hydrogen-bond acceptors (Lipinski definition) is 5. The van der Waals surface area contributed by atoms with E-state index in [0.29, 0.717) is 6.04 Å². The molecule has 1 saturated carbocycles. The Labute approximate surface area is 140 Å². The third kappa shape index (κ3) is 2.79. The topological polar surface area (TPSA) is 41.0 Å². The van der Waals surface area contributed by atoms with Crippen LogP contribution in [-0.4, -0.2) is 41.0 Å². The maximum atomic E-state index is 4.55.